The molecule has 1 aromatic carbocycles. The van der Waals surface area contributed by atoms with Crippen LogP contribution in [0.1, 0.15) is 30.1 Å². The van der Waals surface area contributed by atoms with Crippen LogP contribution in [-0.2, 0) is 0 Å². The van der Waals surface area contributed by atoms with Crippen molar-refractivity contribution in [3.8, 4) is 6.07 Å². The lowest BCUT2D eigenvalue weighted by Gasteiger charge is -1.94. The van der Waals surface area contributed by atoms with Crippen molar-refractivity contribution < 1.29 is 4.42 Å². The monoisotopic (exact) mass is 217 g/mol. The molecule has 0 spiro atoms. The first-order valence-corrected chi connectivity index (χ1v) is 5.29. The highest BCUT2D eigenvalue weighted by molar-refractivity contribution is 6.31. The van der Waals surface area contributed by atoms with Gasteiger partial charge in [-0.3, -0.25) is 0 Å². The molecule has 1 aliphatic rings. The number of hydrogen-bond acceptors (Lipinski definition) is 2. The zero-order valence-corrected chi connectivity index (χ0v) is 8.71. The Kier molecular flexibility index (Phi) is 1.77. The zero-order valence-electron chi connectivity index (χ0n) is 7.96. The van der Waals surface area contributed by atoms with Crippen molar-refractivity contribution in [2.24, 2.45) is 0 Å². The second kappa shape index (κ2) is 3.01. The van der Waals surface area contributed by atoms with Crippen molar-refractivity contribution in [1.29, 1.82) is 5.26 Å². The largest absolute Gasteiger partial charge is 0.445 e. The molecule has 0 bridgehead atoms. The summed E-state index contributed by atoms with van der Waals surface area (Å²) in [5.41, 5.74) is 1.81. The lowest BCUT2D eigenvalue weighted by molar-refractivity contribution is 0.594. The fraction of sp³-hybridized carbons (Fsp3) is 0.250. The van der Waals surface area contributed by atoms with E-state index in [4.69, 9.17) is 21.3 Å². The van der Waals surface area contributed by atoms with Crippen LogP contribution in [0.4, 0.5) is 0 Å². The molecule has 0 aliphatic heterocycles. The smallest absolute Gasteiger partial charge is 0.208 e. The van der Waals surface area contributed by atoms with Gasteiger partial charge in [-0.05, 0) is 37.0 Å². The average molecular weight is 218 g/mol. The van der Waals surface area contributed by atoms with Gasteiger partial charge in [0.25, 0.3) is 0 Å². The summed E-state index contributed by atoms with van der Waals surface area (Å²) in [6, 6.07) is 7.61. The normalized spacial score (nSPS) is 15.5. The minimum atomic E-state index is 0.453. The van der Waals surface area contributed by atoms with Crippen LogP contribution >= 0.6 is 11.6 Å². The number of halogens is 1. The summed E-state index contributed by atoms with van der Waals surface area (Å²) in [5, 5.41) is 10.7. The molecule has 0 atom stereocenters. The Morgan fingerprint density at radius 3 is 2.87 bits per heavy atom. The van der Waals surface area contributed by atoms with Gasteiger partial charge >= 0.3 is 0 Å². The first-order chi connectivity index (χ1) is 7.29. The summed E-state index contributed by atoms with van der Waals surface area (Å²) in [6.45, 7) is 0. The molecule has 1 aromatic heterocycles. The molecular formula is C12H8ClNO. The summed E-state index contributed by atoms with van der Waals surface area (Å²) in [4.78, 5) is 0. The third-order valence-corrected chi connectivity index (χ3v) is 3.01. The molecule has 74 valence electrons. The van der Waals surface area contributed by atoms with Crippen molar-refractivity contribution in [1.82, 2.24) is 0 Å². The molecule has 0 saturated heterocycles. The molecular weight excluding hydrogens is 210 g/mol. The van der Waals surface area contributed by atoms with Gasteiger partial charge in [-0.2, -0.15) is 5.26 Å². The maximum Gasteiger partial charge on any atom is 0.208 e. The van der Waals surface area contributed by atoms with Gasteiger partial charge in [0.1, 0.15) is 11.7 Å². The van der Waals surface area contributed by atoms with E-state index in [1.807, 2.05) is 12.1 Å². The maximum absolute atomic E-state index is 8.99. The Hall–Kier alpha value is -1.46. The molecule has 15 heavy (non-hydrogen) atoms. The van der Waals surface area contributed by atoms with Crippen LogP contribution in [0.2, 0.25) is 5.02 Å². The van der Waals surface area contributed by atoms with Gasteiger partial charge in [0.2, 0.25) is 5.76 Å². The highest BCUT2D eigenvalue weighted by atomic mass is 35.5. The fourth-order valence-corrected chi connectivity index (χ4v) is 2.12. The van der Waals surface area contributed by atoms with E-state index in [1.165, 1.54) is 0 Å². The van der Waals surface area contributed by atoms with E-state index in [-0.39, 0.29) is 0 Å². The van der Waals surface area contributed by atoms with Crippen LogP contribution in [0.3, 0.4) is 0 Å². The Morgan fingerprint density at radius 1 is 1.40 bits per heavy atom. The number of hydrogen-bond donors (Lipinski definition) is 0. The highest BCUT2D eigenvalue weighted by Gasteiger charge is 2.30. The predicted octanol–water partition coefficient (Wildman–Crippen LogP) is 3.84. The van der Waals surface area contributed by atoms with Gasteiger partial charge in [-0.15, -0.1) is 0 Å². The van der Waals surface area contributed by atoms with Gasteiger partial charge in [0, 0.05) is 16.0 Å². The predicted molar refractivity (Wildman–Crippen MR) is 57.9 cm³/mol. The molecule has 1 saturated carbocycles. The molecule has 2 nitrogen and oxygen atoms in total. The van der Waals surface area contributed by atoms with Gasteiger partial charge in [-0.1, -0.05) is 11.6 Å². The van der Waals surface area contributed by atoms with E-state index in [9.17, 15) is 0 Å². The Morgan fingerprint density at radius 2 is 2.20 bits per heavy atom. The molecule has 0 unspecified atom stereocenters. The molecule has 3 rings (SSSR count). The van der Waals surface area contributed by atoms with Crippen molar-refractivity contribution in [2.75, 3.05) is 0 Å². The summed E-state index contributed by atoms with van der Waals surface area (Å²) < 4.78 is 5.48. The van der Waals surface area contributed by atoms with E-state index in [0.717, 1.165) is 29.4 Å². The lowest BCUT2D eigenvalue weighted by Crippen LogP contribution is -1.80. The quantitative estimate of drug-likeness (QED) is 0.728. The summed E-state index contributed by atoms with van der Waals surface area (Å²) in [7, 11) is 0. The summed E-state index contributed by atoms with van der Waals surface area (Å²) in [5.74, 6) is 0.953. The molecule has 0 amide bonds. The minimum Gasteiger partial charge on any atom is -0.445 e. The van der Waals surface area contributed by atoms with Crippen LogP contribution in [0.25, 0.3) is 11.0 Å². The number of benzene rings is 1. The van der Waals surface area contributed by atoms with Gasteiger partial charge in [-0.25, -0.2) is 0 Å². The first kappa shape index (κ1) is 8.82. The maximum atomic E-state index is 8.99. The summed E-state index contributed by atoms with van der Waals surface area (Å²) >= 11 is 5.94. The van der Waals surface area contributed by atoms with Crippen LogP contribution in [0.5, 0.6) is 0 Å². The molecule has 0 N–H and O–H groups in total. The van der Waals surface area contributed by atoms with Crippen molar-refractivity contribution >= 4 is 22.6 Å². The highest BCUT2D eigenvalue weighted by Crippen LogP contribution is 2.46. The Balaban J connectivity index is 2.36. The molecule has 2 aromatic rings. The van der Waals surface area contributed by atoms with Crippen molar-refractivity contribution in [3.63, 3.8) is 0 Å². The number of nitrogens with zero attached hydrogens (tertiary/aromatic N) is 1. The van der Waals surface area contributed by atoms with Gasteiger partial charge < -0.3 is 4.42 Å². The van der Waals surface area contributed by atoms with Gasteiger partial charge in [0.05, 0.1) is 0 Å². The van der Waals surface area contributed by atoms with Crippen molar-refractivity contribution in [3.05, 3.63) is 34.5 Å². The minimum absolute atomic E-state index is 0.453. The SMILES string of the molecule is N#Cc1oc2ccc(Cl)cc2c1C1CC1. The van der Waals surface area contributed by atoms with E-state index in [0.29, 0.717) is 16.7 Å². The number of rotatable bonds is 1. The average Bonchev–Trinajstić information content (AvgIpc) is 2.99. The Bertz CT molecular complexity index is 575. The number of nitriles is 1. The van der Waals surface area contributed by atoms with E-state index in [2.05, 4.69) is 6.07 Å². The zero-order chi connectivity index (χ0) is 10.4. The second-order valence-electron chi connectivity index (χ2n) is 3.87. The van der Waals surface area contributed by atoms with E-state index < -0.39 is 0 Å². The van der Waals surface area contributed by atoms with Crippen LogP contribution in [-0.4, -0.2) is 0 Å². The van der Waals surface area contributed by atoms with Crippen LogP contribution in [0, 0.1) is 11.3 Å². The third kappa shape index (κ3) is 1.32. The van der Waals surface area contributed by atoms with Crippen molar-refractivity contribution in [2.45, 2.75) is 18.8 Å². The van der Waals surface area contributed by atoms with Gasteiger partial charge in [0.15, 0.2) is 0 Å². The second-order valence-corrected chi connectivity index (χ2v) is 4.31. The summed E-state index contributed by atoms with van der Waals surface area (Å²) in [6.07, 6.45) is 2.30. The Labute approximate surface area is 92.1 Å². The lowest BCUT2D eigenvalue weighted by atomic mass is 10.1. The third-order valence-electron chi connectivity index (χ3n) is 2.78. The van der Waals surface area contributed by atoms with Crippen LogP contribution < -0.4 is 0 Å². The van der Waals surface area contributed by atoms with E-state index in [1.54, 1.807) is 6.07 Å². The molecule has 0 radical (unpaired) electrons. The topological polar surface area (TPSA) is 36.9 Å². The molecule has 1 aliphatic carbocycles. The molecule has 1 heterocycles. The number of fused-ring (bicyclic) bond motifs is 1. The molecule has 1 fully saturated rings. The molecule has 3 heteroatoms. The van der Waals surface area contributed by atoms with Crippen LogP contribution in [0.15, 0.2) is 22.6 Å². The first-order valence-electron chi connectivity index (χ1n) is 4.91. The number of furan rings is 1. The standard InChI is InChI=1S/C12H8ClNO/c13-8-3-4-10-9(5-8)12(7-1-2-7)11(6-14)15-10/h3-5,7H,1-2H2. The fourth-order valence-electron chi connectivity index (χ4n) is 1.95. The van der Waals surface area contributed by atoms with E-state index >= 15 is 0 Å².